The first-order valence-corrected chi connectivity index (χ1v) is 17.0. The lowest BCUT2D eigenvalue weighted by Crippen LogP contribution is -2.37. The van der Waals surface area contributed by atoms with E-state index in [-0.39, 0.29) is 25.0 Å². The van der Waals surface area contributed by atoms with Gasteiger partial charge in [0.25, 0.3) is 0 Å². The van der Waals surface area contributed by atoms with Crippen molar-refractivity contribution in [1.82, 2.24) is 0 Å². The van der Waals surface area contributed by atoms with Gasteiger partial charge in [-0.3, -0.25) is 0 Å². The van der Waals surface area contributed by atoms with E-state index in [4.69, 9.17) is 23.4 Å². The van der Waals surface area contributed by atoms with Crippen molar-refractivity contribution in [3.63, 3.8) is 0 Å². The van der Waals surface area contributed by atoms with E-state index in [1.54, 1.807) is 0 Å². The van der Waals surface area contributed by atoms with Crippen LogP contribution in [-0.2, 0) is 22.9 Å². The van der Waals surface area contributed by atoms with Crippen molar-refractivity contribution in [3.8, 4) is 40.2 Å². The van der Waals surface area contributed by atoms with Gasteiger partial charge < -0.3 is 23.4 Å². The maximum atomic E-state index is 10.4. The Morgan fingerprint density at radius 2 is 1.39 bits per heavy atom. The summed E-state index contributed by atoms with van der Waals surface area (Å²) in [4.78, 5) is 0. The number of nitrogens with zero attached hydrogens (tertiary/aromatic N) is 1. The van der Waals surface area contributed by atoms with E-state index >= 15 is 0 Å². The molecule has 0 bridgehead atoms. The highest BCUT2D eigenvalue weighted by Crippen LogP contribution is 2.51. The van der Waals surface area contributed by atoms with Crippen LogP contribution in [0.1, 0.15) is 48.6 Å². The molecule has 232 valence electrons. The first-order valence-electron chi connectivity index (χ1n) is 15.7. The Morgan fingerprint density at radius 3 is 2.07 bits per heavy atom. The van der Waals surface area contributed by atoms with Crippen LogP contribution < -0.4 is 18.9 Å². The third-order valence-electron chi connectivity index (χ3n) is 8.89. The van der Waals surface area contributed by atoms with Gasteiger partial charge in [0.1, 0.15) is 5.60 Å². The minimum absolute atomic E-state index is 0.0538. The summed E-state index contributed by atoms with van der Waals surface area (Å²) in [5.41, 5.74) is 6.43. The first-order chi connectivity index (χ1) is 22.3. The zero-order valence-corrected chi connectivity index (χ0v) is 28.1. The Labute approximate surface area is 272 Å². The smallest absolute Gasteiger partial charge is 0.231 e. The number of nitriles is 1. The van der Waals surface area contributed by atoms with Crippen LogP contribution in [0.25, 0.3) is 21.9 Å². The summed E-state index contributed by atoms with van der Waals surface area (Å²) in [6, 6.07) is 33.7. The van der Waals surface area contributed by atoms with Gasteiger partial charge in [-0.15, -0.1) is 0 Å². The van der Waals surface area contributed by atoms with Crippen molar-refractivity contribution in [2.24, 2.45) is 0 Å². The van der Waals surface area contributed by atoms with Crippen molar-refractivity contribution < 1.29 is 23.4 Å². The molecule has 5 aromatic carbocycles. The fourth-order valence-corrected chi connectivity index (χ4v) is 7.81. The zero-order valence-electron chi connectivity index (χ0n) is 26.7. The lowest BCUT2D eigenvalue weighted by Gasteiger charge is -2.39. The summed E-state index contributed by atoms with van der Waals surface area (Å²) in [7, 11) is -1.04. The van der Waals surface area contributed by atoms with Gasteiger partial charge in [0, 0.05) is 11.8 Å². The maximum Gasteiger partial charge on any atom is 0.231 e. The molecule has 46 heavy (non-hydrogen) atoms. The molecule has 0 aliphatic carbocycles. The van der Waals surface area contributed by atoms with Crippen LogP contribution in [0.5, 0.6) is 23.0 Å². The average Bonchev–Trinajstić information content (AvgIpc) is 3.75. The molecule has 7 rings (SSSR count). The molecular formula is C39H37NO5Si. The maximum absolute atomic E-state index is 10.4. The molecule has 7 heteroatoms. The summed E-state index contributed by atoms with van der Waals surface area (Å²) in [5.74, 6) is 2.79. The van der Waals surface area contributed by atoms with Crippen LogP contribution in [-0.4, -0.2) is 23.3 Å². The molecule has 0 aromatic heterocycles. The van der Waals surface area contributed by atoms with E-state index < -0.39 is 15.4 Å². The van der Waals surface area contributed by atoms with Gasteiger partial charge in [0.15, 0.2) is 32.8 Å². The lowest BCUT2D eigenvalue weighted by molar-refractivity contribution is 0.111. The van der Waals surface area contributed by atoms with Crippen molar-refractivity contribution in [2.45, 2.75) is 51.2 Å². The number of fused-ring (bicyclic) bond motifs is 4. The second-order valence-corrected chi connectivity index (χ2v) is 15.9. The number of rotatable bonds is 8. The largest absolute Gasteiger partial charge is 0.454 e. The summed E-state index contributed by atoms with van der Waals surface area (Å²) in [6.45, 7) is 9.25. The average molecular weight is 628 g/mol. The summed E-state index contributed by atoms with van der Waals surface area (Å²) in [5, 5.41) is 12.4. The molecule has 0 N–H and O–H groups in total. The van der Waals surface area contributed by atoms with Gasteiger partial charge >= 0.3 is 0 Å². The molecule has 6 nitrogen and oxygen atoms in total. The Kier molecular flexibility index (Phi) is 7.72. The van der Waals surface area contributed by atoms with E-state index in [1.807, 2.05) is 36.4 Å². The van der Waals surface area contributed by atoms with Crippen molar-refractivity contribution in [2.75, 3.05) is 13.6 Å². The predicted molar refractivity (Wildman–Crippen MR) is 182 cm³/mol. The van der Waals surface area contributed by atoms with E-state index in [0.717, 1.165) is 49.7 Å². The molecular weight excluding hydrogens is 591 g/mol. The zero-order chi connectivity index (χ0) is 31.9. The van der Waals surface area contributed by atoms with Crippen LogP contribution in [0.4, 0.5) is 0 Å². The van der Waals surface area contributed by atoms with Crippen molar-refractivity contribution in [1.29, 1.82) is 5.26 Å². The van der Waals surface area contributed by atoms with Gasteiger partial charge in [-0.05, 0) is 74.5 Å². The van der Waals surface area contributed by atoms with Crippen LogP contribution in [0, 0.1) is 18.3 Å². The third-order valence-corrected chi connectivity index (χ3v) is 10.4. The molecule has 2 aliphatic rings. The normalized spacial score (nSPS) is 13.9. The van der Waals surface area contributed by atoms with E-state index in [2.05, 4.69) is 88.4 Å². The van der Waals surface area contributed by atoms with Gasteiger partial charge in [-0.25, -0.2) is 0 Å². The number of hydrogen-bond donors (Lipinski definition) is 0. The molecule has 0 radical (unpaired) electrons. The van der Waals surface area contributed by atoms with E-state index in [1.165, 1.54) is 0 Å². The molecule has 0 spiro atoms. The minimum Gasteiger partial charge on any atom is -0.454 e. The van der Waals surface area contributed by atoms with Gasteiger partial charge in [0.05, 0.1) is 12.5 Å². The Bertz CT molecular complexity index is 1920. The Hall–Kier alpha value is -4.77. The second kappa shape index (κ2) is 11.9. The second-order valence-electron chi connectivity index (χ2n) is 13.2. The van der Waals surface area contributed by atoms with Crippen LogP contribution in [0.15, 0.2) is 91.0 Å². The molecule has 0 saturated carbocycles. The van der Waals surface area contributed by atoms with Gasteiger partial charge in [-0.2, -0.15) is 5.26 Å². The topological polar surface area (TPSA) is 69.9 Å². The van der Waals surface area contributed by atoms with E-state index in [9.17, 15) is 5.26 Å². The number of ether oxygens (including phenoxy) is 4. The highest BCUT2D eigenvalue weighted by molar-refractivity contribution is 6.32. The lowest BCUT2D eigenvalue weighted by atomic mass is 9.76. The molecule has 0 saturated heterocycles. The SMILES string of the molecule is Cc1c(CC(O[SiH2]C(C)(C)C)(c2ccccc2)c2ccccc2)c(CC#N)c(-c2ccc3c(c2)OCO3)c2c3c(ccc12)OCO3. The first kappa shape index (κ1) is 29.9. The van der Waals surface area contributed by atoms with Gasteiger partial charge in [0.2, 0.25) is 13.6 Å². The Morgan fingerprint density at radius 1 is 0.761 bits per heavy atom. The number of aryl methyl sites for hydroxylation is 1. The molecule has 0 unspecified atom stereocenters. The fourth-order valence-electron chi connectivity index (χ4n) is 6.70. The number of hydrogen-bond acceptors (Lipinski definition) is 6. The molecule has 2 aliphatic heterocycles. The van der Waals surface area contributed by atoms with Crippen LogP contribution in [0.3, 0.4) is 0 Å². The molecule has 0 fully saturated rings. The summed E-state index contributed by atoms with van der Waals surface area (Å²) in [6.07, 6.45) is 0.756. The highest BCUT2D eigenvalue weighted by atomic mass is 28.2. The number of benzene rings is 5. The molecule has 5 aromatic rings. The summed E-state index contributed by atoms with van der Waals surface area (Å²) < 4.78 is 30.8. The van der Waals surface area contributed by atoms with Crippen LogP contribution >= 0.6 is 0 Å². The predicted octanol–water partition coefficient (Wildman–Crippen LogP) is 8.14. The molecule has 0 atom stereocenters. The van der Waals surface area contributed by atoms with E-state index in [0.29, 0.717) is 29.4 Å². The molecule has 2 heterocycles. The van der Waals surface area contributed by atoms with Gasteiger partial charge in [-0.1, -0.05) is 93.6 Å². The third kappa shape index (κ3) is 5.28. The standard InChI is InChI=1S/C39H37NO5Si/c1-25-29-16-18-33-37(44-24-42-33)36(29)35(26-15-17-32-34(21-26)43-23-41-32)30(19-20-40)31(25)22-39(45-46-38(2,3)4,27-11-7-5-8-12-27)28-13-9-6-10-14-28/h5-18,21H,19,22-24,46H2,1-4H3. The van der Waals surface area contributed by atoms with Crippen LogP contribution in [0.2, 0.25) is 5.04 Å². The molecule has 0 amide bonds. The quantitative estimate of drug-likeness (QED) is 0.162. The van der Waals surface area contributed by atoms with Crippen molar-refractivity contribution in [3.05, 3.63) is 119 Å². The highest BCUT2D eigenvalue weighted by Gasteiger charge is 2.39. The monoisotopic (exact) mass is 627 g/mol. The fraction of sp³-hybridized carbons (Fsp3) is 0.256. The van der Waals surface area contributed by atoms with Crippen molar-refractivity contribution >= 4 is 20.5 Å². The minimum atomic E-state index is -1.04. The summed E-state index contributed by atoms with van der Waals surface area (Å²) >= 11 is 0. The Balaban J connectivity index is 1.55.